The number of hydrogen-bond acceptors (Lipinski definition) is 6. The quantitative estimate of drug-likeness (QED) is 0.442. The van der Waals surface area contributed by atoms with Crippen molar-refractivity contribution in [1.82, 2.24) is 25.8 Å². The first-order valence-electron chi connectivity index (χ1n) is 13.7. The van der Waals surface area contributed by atoms with E-state index in [0.29, 0.717) is 35.5 Å². The zero-order chi connectivity index (χ0) is 26.9. The maximum Gasteiger partial charge on any atom is 0.257 e. The fourth-order valence-electron chi connectivity index (χ4n) is 5.35. The van der Waals surface area contributed by atoms with Gasteiger partial charge in [-0.3, -0.25) is 14.4 Å². The van der Waals surface area contributed by atoms with E-state index in [1.807, 2.05) is 6.92 Å². The van der Waals surface area contributed by atoms with Gasteiger partial charge in [0.1, 0.15) is 5.75 Å². The van der Waals surface area contributed by atoms with E-state index >= 15 is 0 Å². The van der Waals surface area contributed by atoms with Crippen LogP contribution in [0.3, 0.4) is 0 Å². The van der Waals surface area contributed by atoms with Crippen LogP contribution in [-0.4, -0.2) is 93.0 Å². The molecule has 2 saturated carbocycles. The molecule has 37 heavy (non-hydrogen) atoms. The Morgan fingerprint density at radius 1 is 0.757 bits per heavy atom. The van der Waals surface area contributed by atoms with E-state index in [1.165, 1.54) is 0 Å². The lowest BCUT2D eigenvalue weighted by Crippen LogP contribution is -2.42. The van der Waals surface area contributed by atoms with Gasteiger partial charge in [-0.05, 0) is 105 Å². The first kappa shape index (κ1) is 28.9. The summed E-state index contributed by atoms with van der Waals surface area (Å²) in [6, 6.07) is 6.14. The van der Waals surface area contributed by atoms with Gasteiger partial charge >= 0.3 is 0 Å². The minimum atomic E-state index is -0.251. The molecule has 9 heteroatoms. The highest BCUT2D eigenvalue weighted by Crippen LogP contribution is 2.24. The number of amides is 3. The molecule has 206 valence electrons. The lowest BCUT2D eigenvalue weighted by molar-refractivity contribution is -0.122. The second-order valence-electron chi connectivity index (χ2n) is 10.9. The molecule has 3 N–H and O–H groups in total. The van der Waals surface area contributed by atoms with Crippen LogP contribution in [0.25, 0.3) is 0 Å². The maximum atomic E-state index is 13.2. The fraction of sp³-hybridized carbons (Fsp3) is 0.679. The Kier molecular flexibility index (Phi) is 10.8. The summed E-state index contributed by atoms with van der Waals surface area (Å²) in [4.78, 5) is 42.8. The summed E-state index contributed by atoms with van der Waals surface area (Å²) in [6.45, 7) is 2.16. The average molecular weight is 516 g/mol. The number of rotatable bonds is 10. The predicted molar refractivity (Wildman–Crippen MR) is 145 cm³/mol. The van der Waals surface area contributed by atoms with Crippen LogP contribution in [0.15, 0.2) is 18.2 Å². The molecule has 0 aliphatic heterocycles. The monoisotopic (exact) mass is 515 g/mol. The molecule has 2 aliphatic rings. The van der Waals surface area contributed by atoms with Gasteiger partial charge in [-0.2, -0.15) is 0 Å². The van der Waals surface area contributed by atoms with E-state index in [-0.39, 0.29) is 36.4 Å². The molecule has 2 aliphatic carbocycles. The van der Waals surface area contributed by atoms with Crippen LogP contribution in [0.2, 0.25) is 0 Å². The molecule has 0 atom stereocenters. The van der Waals surface area contributed by atoms with Gasteiger partial charge in [-0.1, -0.05) is 0 Å². The Morgan fingerprint density at radius 3 is 1.57 bits per heavy atom. The average Bonchev–Trinajstić information content (AvgIpc) is 2.88. The summed E-state index contributed by atoms with van der Waals surface area (Å²) in [7, 11) is 8.37. The second-order valence-corrected chi connectivity index (χ2v) is 10.9. The normalized spacial score (nSPS) is 24.0. The third-order valence-corrected chi connectivity index (χ3v) is 7.70. The summed E-state index contributed by atoms with van der Waals surface area (Å²) >= 11 is 0. The van der Waals surface area contributed by atoms with Crippen LogP contribution < -0.4 is 20.7 Å². The molecule has 1 aromatic carbocycles. The number of carbonyl (C=O) groups excluding carboxylic acids is 3. The molecule has 3 rings (SSSR count). The first-order chi connectivity index (χ1) is 17.7. The summed E-state index contributed by atoms with van der Waals surface area (Å²) in [5.41, 5.74) is 0.731. The van der Waals surface area contributed by atoms with E-state index in [1.54, 1.807) is 18.2 Å². The summed E-state index contributed by atoms with van der Waals surface area (Å²) in [5.74, 6) is -0.370. The molecule has 1 aromatic rings. The van der Waals surface area contributed by atoms with Crippen LogP contribution in [0.4, 0.5) is 0 Å². The van der Waals surface area contributed by atoms with Gasteiger partial charge in [0.05, 0.1) is 0 Å². The fourth-order valence-corrected chi connectivity index (χ4v) is 5.35. The molecular formula is C28H45N5O4. The molecule has 0 bridgehead atoms. The van der Waals surface area contributed by atoms with Crippen molar-refractivity contribution in [3.63, 3.8) is 0 Å². The van der Waals surface area contributed by atoms with Crippen molar-refractivity contribution in [2.45, 2.75) is 82.5 Å². The van der Waals surface area contributed by atoms with E-state index in [0.717, 1.165) is 51.4 Å². The number of likely N-dealkylation sites (N-methyl/N-ethyl adjacent to an activating group) is 1. The van der Waals surface area contributed by atoms with Crippen molar-refractivity contribution in [1.29, 1.82) is 0 Å². The van der Waals surface area contributed by atoms with E-state index in [4.69, 9.17) is 4.74 Å². The van der Waals surface area contributed by atoms with Crippen molar-refractivity contribution in [2.75, 3.05) is 41.3 Å². The van der Waals surface area contributed by atoms with E-state index < -0.39 is 0 Å². The number of benzene rings is 1. The predicted octanol–water partition coefficient (Wildman–Crippen LogP) is 2.41. The summed E-state index contributed by atoms with van der Waals surface area (Å²) in [6.07, 6.45) is 7.84. The lowest BCUT2D eigenvalue weighted by atomic mass is 9.90. The molecule has 0 saturated heterocycles. The van der Waals surface area contributed by atoms with Crippen LogP contribution in [0.5, 0.6) is 5.75 Å². The molecule has 0 heterocycles. The number of carbonyl (C=O) groups is 3. The van der Waals surface area contributed by atoms with E-state index in [9.17, 15) is 14.4 Å². The number of hydrogen-bond donors (Lipinski definition) is 3. The highest BCUT2D eigenvalue weighted by Gasteiger charge is 2.26. The van der Waals surface area contributed by atoms with Gasteiger partial charge in [-0.25, -0.2) is 0 Å². The Bertz CT molecular complexity index is 859. The number of nitrogens with one attached hydrogen (secondary N) is 3. The van der Waals surface area contributed by atoms with Crippen LogP contribution in [-0.2, 0) is 4.79 Å². The third-order valence-electron chi connectivity index (χ3n) is 7.70. The van der Waals surface area contributed by atoms with E-state index in [2.05, 4.69) is 53.9 Å². The topological polar surface area (TPSA) is 103 Å². The van der Waals surface area contributed by atoms with Crippen molar-refractivity contribution < 1.29 is 19.1 Å². The molecule has 0 aromatic heterocycles. The van der Waals surface area contributed by atoms with Crippen molar-refractivity contribution >= 4 is 17.7 Å². The first-order valence-corrected chi connectivity index (χ1v) is 13.7. The zero-order valence-corrected chi connectivity index (χ0v) is 23.1. The van der Waals surface area contributed by atoms with Gasteiger partial charge in [0.2, 0.25) is 0 Å². The van der Waals surface area contributed by atoms with Crippen molar-refractivity contribution in [2.24, 2.45) is 0 Å². The molecule has 2 fully saturated rings. The minimum Gasteiger partial charge on any atom is -0.484 e. The summed E-state index contributed by atoms with van der Waals surface area (Å²) < 4.78 is 5.68. The van der Waals surface area contributed by atoms with Gasteiger partial charge in [0.15, 0.2) is 6.61 Å². The number of ether oxygens (including phenoxy) is 1. The molecule has 9 nitrogen and oxygen atoms in total. The van der Waals surface area contributed by atoms with Crippen LogP contribution in [0, 0.1) is 0 Å². The Hall–Kier alpha value is -2.65. The zero-order valence-electron chi connectivity index (χ0n) is 23.1. The Labute approximate surface area is 221 Å². The Morgan fingerprint density at radius 2 is 1.19 bits per heavy atom. The molecule has 0 spiro atoms. The SMILES string of the molecule is CCNC(=O)COc1cc(C(=O)N[C@H]2CC[C@H](N(C)C)CC2)cc(C(=O)N[C@H]2CC[C@H](N(C)C)CC2)c1. The van der Waals surface area contributed by atoms with Gasteiger partial charge in [0, 0.05) is 41.8 Å². The number of nitrogens with zero attached hydrogens (tertiary/aromatic N) is 2. The Balaban J connectivity index is 1.69. The molecule has 0 unspecified atom stereocenters. The smallest absolute Gasteiger partial charge is 0.257 e. The third kappa shape index (κ3) is 8.71. The highest BCUT2D eigenvalue weighted by molar-refractivity contribution is 6.00. The molecule has 0 radical (unpaired) electrons. The van der Waals surface area contributed by atoms with Gasteiger partial charge in [0.25, 0.3) is 17.7 Å². The van der Waals surface area contributed by atoms with Gasteiger partial charge < -0.3 is 30.5 Å². The lowest BCUT2D eigenvalue weighted by Gasteiger charge is -2.33. The minimum absolute atomic E-state index is 0.104. The standard InChI is InChI=1S/C28H45N5O4/c1-6-29-26(34)18-37-25-16-19(27(35)30-21-7-11-23(12-8-21)32(2)3)15-20(17-25)28(36)31-22-9-13-24(14-10-22)33(4)5/h15-17,21-24H,6-14,18H2,1-5H3,(H,29,34)(H,30,35)(H,31,36)/t21-,22-,23-,24-. The molecular weight excluding hydrogens is 470 g/mol. The largest absolute Gasteiger partial charge is 0.484 e. The van der Waals surface area contributed by atoms with Crippen molar-refractivity contribution in [3.05, 3.63) is 29.3 Å². The highest BCUT2D eigenvalue weighted by atomic mass is 16.5. The maximum absolute atomic E-state index is 13.2. The second kappa shape index (κ2) is 13.8. The van der Waals surface area contributed by atoms with Crippen LogP contribution >= 0.6 is 0 Å². The van der Waals surface area contributed by atoms with Gasteiger partial charge in [-0.15, -0.1) is 0 Å². The van der Waals surface area contributed by atoms with Crippen molar-refractivity contribution in [3.8, 4) is 5.75 Å². The van der Waals surface area contributed by atoms with Crippen LogP contribution in [0.1, 0.15) is 79.0 Å². The summed E-state index contributed by atoms with van der Waals surface area (Å²) in [5, 5.41) is 8.97. The molecule has 3 amide bonds.